The molecule has 3 aromatic rings. The fourth-order valence-corrected chi connectivity index (χ4v) is 4.09. The molecule has 0 bridgehead atoms. The monoisotopic (exact) mass is 447 g/mol. The molecule has 0 aliphatic carbocycles. The maximum Gasteiger partial charge on any atom is 0.264 e. The van der Waals surface area contributed by atoms with Crippen molar-refractivity contribution in [2.24, 2.45) is 0 Å². The van der Waals surface area contributed by atoms with Crippen LogP contribution in [0.4, 0.5) is 4.39 Å². The Morgan fingerprint density at radius 3 is 2.58 bits per heavy atom. The minimum absolute atomic E-state index is 0.0884. The van der Waals surface area contributed by atoms with Crippen LogP contribution in [0.5, 0.6) is 0 Å². The van der Waals surface area contributed by atoms with Crippen molar-refractivity contribution in [3.05, 3.63) is 64.5 Å². The third kappa shape index (κ3) is 4.35. The summed E-state index contributed by atoms with van der Waals surface area (Å²) >= 11 is 0. The van der Waals surface area contributed by atoms with Crippen LogP contribution in [0, 0.1) is 12.7 Å². The van der Waals surface area contributed by atoms with Gasteiger partial charge in [0.1, 0.15) is 5.82 Å². The first-order valence-corrected chi connectivity index (χ1v) is 11.3. The van der Waals surface area contributed by atoms with Crippen molar-refractivity contribution in [2.75, 3.05) is 6.26 Å². The zero-order valence-electron chi connectivity index (χ0n) is 17.2. The summed E-state index contributed by atoms with van der Waals surface area (Å²) in [6.07, 6.45) is 1.49. The summed E-state index contributed by atoms with van der Waals surface area (Å²) in [6, 6.07) is 10.1. The summed E-state index contributed by atoms with van der Waals surface area (Å²) in [5.74, 6) is -1.81. The lowest BCUT2D eigenvalue weighted by atomic mass is 10.0. The summed E-state index contributed by atoms with van der Waals surface area (Å²) in [5.41, 5.74) is 2.82. The van der Waals surface area contributed by atoms with Gasteiger partial charge in [-0.05, 0) is 38.0 Å². The van der Waals surface area contributed by atoms with E-state index in [4.69, 9.17) is 5.21 Å². The summed E-state index contributed by atoms with van der Waals surface area (Å²) < 4.78 is 38.0. The molecule has 8 nitrogen and oxygen atoms in total. The molecule has 0 spiro atoms. The number of hydrogen-bond donors (Lipinski definition) is 2. The molecule has 10 heteroatoms. The molecule has 164 valence electrons. The number of halogens is 1. The third-order valence-electron chi connectivity index (χ3n) is 5.45. The van der Waals surface area contributed by atoms with Crippen LogP contribution in [0.15, 0.2) is 47.4 Å². The van der Waals surface area contributed by atoms with E-state index in [1.165, 1.54) is 5.48 Å². The molecule has 1 amide bonds. The highest BCUT2D eigenvalue weighted by molar-refractivity contribution is 7.92. The average molecular weight is 447 g/mol. The highest BCUT2D eigenvalue weighted by atomic mass is 32.2. The Morgan fingerprint density at radius 2 is 1.94 bits per heavy atom. The number of hydroxylamine groups is 1. The van der Waals surface area contributed by atoms with E-state index in [1.54, 1.807) is 18.2 Å². The van der Waals surface area contributed by atoms with Crippen molar-refractivity contribution in [3.63, 3.8) is 0 Å². The SMILES string of the molecule is Cc1ccc2ccc(-c3cc(=O)n(CCC(C)(C(=O)NO)S(C)(=O)=O)cc3F)cc2n1. The summed E-state index contributed by atoms with van der Waals surface area (Å²) in [7, 11) is -3.93. The molecular weight excluding hydrogens is 425 g/mol. The Morgan fingerprint density at radius 1 is 1.26 bits per heavy atom. The number of nitrogens with one attached hydrogen (secondary N) is 1. The Balaban J connectivity index is 1.96. The van der Waals surface area contributed by atoms with Gasteiger partial charge in [-0.2, -0.15) is 0 Å². The zero-order valence-corrected chi connectivity index (χ0v) is 18.0. The third-order valence-corrected chi connectivity index (χ3v) is 7.48. The molecule has 1 aromatic carbocycles. The van der Waals surface area contributed by atoms with E-state index in [-0.39, 0.29) is 18.5 Å². The van der Waals surface area contributed by atoms with E-state index < -0.39 is 31.9 Å². The molecule has 2 aromatic heterocycles. The Kier molecular flexibility index (Phi) is 5.97. The molecule has 0 fully saturated rings. The van der Waals surface area contributed by atoms with Crippen molar-refractivity contribution in [3.8, 4) is 11.1 Å². The topological polar surface area (TPSA) is 118 Å². The predicted octanol–water partition coefficient (Wildman–Crippen LogP) is 2.21. The molecule has 2 N–H and O–H groups in total. The van der Waals surface area contributed by atoms with Gasteiger partial charge in [0.05, 0.1) is 5.52 Å². The molecule has 0 saturated carbocycles. The number of carbonyl (C=O) groups excluding carboxylic acids is 1. The standard InChI is InChI=1S/C21H22FN3O5S/c1-13-4-5-14-6-7-15(10-18(14)23-13)16-11-19(26)25(12-17(16)22)9-8-21(2,20(27)24-28)31(3,29)30/h4-7,10-12,28H,8-9H2,1-3H3,(H,24,27). The van der Waals surface area contributed by atoms with E-state index in [1.807, 2.05) is 19.1 Å². The Hall–Kier alpha value is -3.11. The number of rotatable bonds is 6. The molecule has 2 heterocycles. The number of fused-ring (bicyclic) bond motifs is 1. The minimum atomic E-state index is -3.93. The van der Waals surface area contributed by atoms with Gasteiger partial charge < -0.3 is 4.57 Å². The first kappa shape index (κ1) is 22.6. The molecule has 0 saturated heterocycles. The molecule has 1 atom stereocenters. The number of benzene rings is 1. The van der Waals surface area contributed by atoms with E-state index in [0.717, 1.165) is 41.1 Å². The van der Waals surface area contributed by atoms with Crippen molar-refractivity contribution >= 4 is 26.6 Å². The van der Waals surface area contributed by atoms with Crippen molar-refractivity contribution in [1.29, 1.82) is 0 Å². The van der Waals surface area contributed by atoms with Crippen LogP contribution < -0.4 is 11.0 Å². The number of aryl methyl sites for hydroxylation is 2. The molecule has 3 rings (SSSR count). The zero-order chi connectivity index (χ0) is 23.0. The van der Waals surface area contributed by atoms with Crippen LogP contribution in [-0.2, 0) is 21.2 Å². The van der Waals surface area contributed by atoms with Gasteiger partial charge in [0.15, 0.2) is 14.6 Å². The highest BCUT2D eigenvalue weighted by Crippen LogP contribution is 2.26. The van der Waals surface area contributed by atoms with E-state index in [9.17, 15) is 22.4 Å². The number of amides is 1. The van der Waals surface area contributed by atoms with Gasteiger partial charge in [-0.15, -0.1) is 0 Å². The molecule has 0 radical (unpaired) electrons. The smallest absolute Gasteiger partial charge is 0.264 e. The van der Waals surface area contributed by atoms with E-state index in [2.05, 4.69) is 4.98 Å². The van der Waals surface area contributed by atoms with Crippen LogP contribution in [0.25, 0.3) is 22.0 Å². The van der Waals surface area contributed by atoms with Gasteiger partial charge in [0.2, 0.25) is 0 Å². The van der Waals surface area contributed by atoms with Gasteiger partial charge in [-0.1, -0.05) is 18.2 Å². The molecule has 1 unspecified atom stereocenters. The summed E-state index contributed by atoms with van der Waals surface area (Å²) in [6.45, 7) is 2.73. The second-order valence-corrected chi connectivity index (χ2v) is 10.1. The largest absolute Gasteiger partial charge is 0.312 e. The first-order chi connectivity index (χ1) is 14.5. The number of nitrogens with zero attached hydrogens (tertiary/aromatic N) is 2. The van der Waals surface area contributed by atoms with Gasteiger partial charge in [-0.3, -0.25) is 19.8 Å². The average Bonchev–Trinajstić information content (AvgIpc) is 2.71. The highest BCUT2D eigenvalue weighted by Gasteiger charge is 2.43. The molecular formula is C21H22FN3O5S. The maximum absolute atomic E-state index is 14.9. The number of hydrogen-bond acceptors (Lipinski definition) is 6. The van der Waals surface area contributed by atoms with Crippen LogP contribution in [0.3, 0.4) is 0 Å². The number of carbonyl (C=O) groups is 1. The number of aromatic nitrogens is 2. The normalized spacial score (nSPS) is 13.7. The van der Waals surface area contributed by atoms with Gasteiger partial charge in [0.25, 0.3) is 11.5 Å². The fraction of sp³-hybridized carbons (Fsp3) is 0.286. The van der Waals surface area contributed by atoms with Crippen LogP contribution in [0.1, 0.15) is 19.0 Å². The lowest BCUT2D eigenvalue weighted by Crippen LogP contribution is -2.50. The van der Waals surface area contributed by atoms with Crippen molar-refractivity contribution in [1.82, 2.24) is 15.0 Å². The Bertz CT molecular complexity index is 1340. The lowest BCUT2D eigenvalue weighted by molar-refractivity contribution is -0.131. The molecule has 31 heavy (non-hydrogen) atoms. The van der Waals surface area contributed by atoms with Crippen LogP contribution in [-0.4, -0.2) is 40.1 Å². The molecule has 0 aliphatic rings. The first-order valence-electron chi connectivity index (χ1n) is 9.38. The quantitative estimate of drug-likeness (QED) is 0.442. The number of sulfone groups is 1. The number of pyridine rings is 2. The van der Waals surface area contributed by atoms with Crippen LogP contribution in [0.2, 0.25) is 0 Å². The predicted molar refractivity (Wildman–Crippen MR) is 114 cm³/mol. The van der Waals surface area contributed by atoms with E-state index in [0.29, 0.717) is 11.1 Å². The summed E-state index contributed by atoms with van der Waals surface area (Å²) in [5, 5.41) is 9.77. The van der Waals surface area contributed by atoms with Gasteiger partial charge >= 0.3 is 0 Å². The lowest BCUT2D eigenvalue weighted by Gasteiger charge is -2.25. The van der Waals surface area contributed by atoms with Crippen LogP contribution >= 0.6 is 0 Å². The van der Waals surface area contributed by atoms with Crippen molar-refractivity contribution < 1.29 is 22.8 Å². The second-order valence-electron chi connectivity index (χ2n) is 7.62. The van der Waals surface area contributed by atoms with E-state index >= 15 is 0 Å². The Labute approximate surface area is 178 Å². The van der Waals surface area contributed by atoms with Gasteiger partial charge in [0, 0.05) is 41.7 Å². The fourth-order valence-electron chi connectivity index (χ4n) is 3.25. The van der Waals surface area contributed by atoms with Gasteiger partial charge in [-0.25, -0.2) is 18.3 Å². The maximum atomic E-state index is 14.9. The summed E-state index contributed by atoms with van der Waals surface area (Å²) in [4.78, 5) is 28.9. The minimum Gasteiger partial charge on any atom is -0.312 e. The van der Waals surface area contributed by atoms with Crippen molar-refractivity contribution in [2.45, 2.75) is 31.6 Å². The second kappa shape index (κ2) is 8.20. The molecule has 0 aliphatic heterocycles.